The van der Waals surface area contributed by atoms with Crippen LogP contribution < -0.4 is 4.57 Å². The quantitative estimate of drug-likeness (QED) is 0.486. The zero-order valence-corrected chi connectivity index (χ0v) is 11.2. The van der Waals surface area contributed by atoms with E-state index in [1.165, 1.54) is 11.4 Å². The molecule has 2 heteroatoms. The van der Waals surface area contributed by atoms with Gasteiger partial charge in [0.2, 0.25) is 0 Å². The van der Waals surface area contributed by atoms with Crippen LogP contribution in [0.15, 0.2) is 60.7 Å². The van der Waals surface area contributed by atoms with Crippen LogP contribution in [0.4, 0.5) is 0 Å². The minimum absolute atomic E-state index is 1.14. The number of hydrogen-bond acceptors (Lipinski definition) is 0. The molecule has 0 aliphatic rings. The van der Waals surface area contributed by atoms with Crippen LogP contribution in [0, 0.1) is 20.2 Å². The predicted octanol–water partition coefficient (Wildman–Crippen LogP) is 3.17. The van der Waals surface area contributed by atoms with Gasteiger partial charge in [-0.25, -0.2) is 0 Å². The minimum atomic E-state index is 1.14. The van der Waals surface area contributed by atoms with E-state index in [9.17, 15) is 0 Å². The van der Waals surface area contributed by atoms with Crippen LogP contribution in [0.3, 0.4) is 0 Å². The van der Waals surface area contributed by atoms with Crippen molar-refractivity contribution in [3.05, 3.63) is 78.4 Å². The standard InChI is InChI=1S/C17H16N2/c1-14-15(2)19(17-11-7-4-8-12-17)13-18(14)16-9-5-3-6-10-16/h3-12H,1-2H3. The lowest BCUT2D eigenvalue weighted by atomic mass is 10.3. The summed E-state index contributed by atoms with van der Waals surface area (Å²) < 4.78 is 4.20. The highest BCUT2D eigenvalue weighted by Crippen LogP contribution is 2.13. The van der Waals surface area contributed by atoms with E-state index < -0.39 is 0 Å². The number of nitrogens with zero attached hydrogens (tertiary/aromatic N) is 2. The molecule has 0 N–H and O–H groups in total. The van der Waals surface area contributed by atoms with Gasteiger partial charge in [-0.05, 0) is 38.1 Å². The van der Waals surface area contributed by atoms with Crippen molar-refractivity contribution < 1.29 is 4.57 Å². The van der Waals surface area contributed by atoms with Crippen LogP contribution >= 0.6 is 0 Å². The van der Waals surface area contributed by atoms with E-state index in [0.29, 0.717) is 0 Å². The Balaban J connectivity index is 2.16. The number of aromatic nitrogens is 2. The third kappa shape index (κ3) is 2.06. The first kappa shape index (κ1) is 11.7. The Labute approximate surface area is 113 Å². The fraction of sp³-hybridized carbons (Fsp3) is 0.118. The first-order valence-corrected chi connectivity index (χ1v) is 6.41. The molecule has 1 heterocycles. The number of imidazole rings is 1. The first-order chi connectivity index (χ1) is 9.27. The number of benzene rings is 2. The fourth-order valence-corrected chi connectivity index (χ4v) is 2.23. The maximum Gasteiger partial charge on any atom is 0.269 e. The lowest BCUT2D eigenvalue weighted by Gasteiger charge is -2.02. The molecule has 0 amide bonds. The van der Waals surface area contributed by atoms with Crippen LogP contribution in [-0.2, 0) is 0 Å². The lowest BCUT2D eigenvalue weighted by Crippen LogP contribution is -2.31. The van der Waals surface area contributed by atoms with Gasteiger partial charge >= 0.3 is 0 Å². The number of rotatable bonds is 2. The summed E-state index contributed by atoms with van der Waals surface area (Å²) in [5.41, 5.74) is 4.68. The molecule has 3 aromatic rings. The Hall–Kier alpha value is -2.35. The summed E-state index contributed by atoms with van der Waals surface area (Å²) in [6, 6.07) is 20.6. The molecule has 2 aromatic carbocycles. The lowest BCUT2D eigenvalue weighted by molar-refractivity contribution is -0.606. The van der Waals surface area contributed by atoms with Gasteiger partial charge in [-0.15, -0.1) is 0 Å². The first-order valence-electron chi connectivity index (χ1n) is 6.41. The molecule has 94 valence electrons. The molecular formula is C17H16N2. The second-order valence-corrected chi connectivity index (χ2v) is 4.61. The molecule has 0 fully saturated rings. The van der Waals surface area contributed by atoms with E-state index in [-0.39, 0.29) is 0 Å². The molecule has 0 unspecified atom stereocenters. The topological polar surface area (TPSA) is 8.81 Å². The average Bonchev–Trinajstić information content (AvgIpc) is 2.77. The van der Waals surface area contributed by atoms with Crippen molar-refractivity contribution >= 4 is 0 Å². The van der Waals surface area contributed by atoms with Crippen LogP contribution in [0.25, 0.3) is 11.4 Å². The van der Waals surface area contributed by atoms with E-state index in [1.54, 1.807) is 0 Å². The van der Waals surface area contributed by atoms with Crippen molar-refractivity contribution in [2.75, 3.05) is 0 Å². The number of para-hydroxylation sites is 2. The summed E-state index contributed by atoms with van der Waals surface area (Å²) in [7, 11) is 0. The van der Waals surface area contributed by atoms with Gasteiger partial charge in [-0.2, -0.15) is 0 Å². The molecule has 0 atom stereocenters. The molecular weight excluding hydrogens is 232 g/mol. The van der Waals surface area contributed by atoms with Gasteiger partial charge in [0.05, 0.1) is 22.8 Å². The van der Waals surface area contributed by atoms with E-state index in [2.05, 4.69) is 53.6 Å². The molecule has 0 bridgehead atoms. The van der Waals surface area contributed by atoms with E-state index in [4.69, 9.17) is 0 Å². The molecule has 0 saturated heterocycles. The summed E-state index contributed by atoms with van der Waals surface area (Å²) in [6.45, 7) is 4.25. The molecule has 3 rings (SSSR count). The largest absolute Gasteiger partial charge is 0.296 e. The third-order valence-electron chi connectivity index (χ3n) is 3.42. The summed E-state index contributed by atoms with van der Waals surface area (Å²) in [5, 5.41) is 0. The Morgan fingerprint density at radius 3 is 2.05 bits per heavy atom. The summed E-state index contributed by atoms with van der Waals surface area (Å²) >= 11 is 0. The average molecular weight is 248 g/mol. The molecule has 2 nitrogen and oxygen atoms in total. The van der Waals surface area contributed by atoms with Gasteiger partial charge in [-0.1, -0.05) is 36.4 Å². The molecule has 0 radical (unpaired) electrons. The second-order valence-electron chi connectivity index (χ2n) is 4.61. The van der Waals surface area contributed by atoms with E-state index >= 15 is 0 Å². The molecule has 0 saturated carbocycles. The van der Waals surface area contributed by atoms with E-state index in [1.807, 2.05) is 36.4 Å². The second kappa shape index (κ2) is 4.73. The zero-order chi connectivity index (χ0) is 13.2. The normalized spacial score (nSPS) is 10.6. The maximum absolute atomic E-state index is 3.42. The maximum atomic E-state index is 3.42. The fourth-order valence-electron chi connectivity index (χ4n) is 2.23. The summed E-state index contributed by atoms with van der Waals surface area (Å²) in [5.74, 6) is 0. The Morgan fingerprint density at radius 2 is 1.42 bits per heavy atom. The van der Waals surface area contributed by atoms with Crippen LogP contribution in [0.2, 0.25) is 0 Å². The smallest absolute Gasteiger partial charge is 0.269 e. The Kier molecular flexibility index (Phi) is 2.92. The highest BCUT2D eigenvalue weighted by atomic mass is 15.1. The number of hydrogen-bond donors (Lipinski definition) is 0. The highest BCUT2D eigenvalue weighted by molar-refractivity contribution is 5.34. The molecule has 1 aromatic heterocycles. The van der Waals surface area contributed by atoms with Gasteiger partial charge in [0, 0.05) is 0 Å². The highest BCUT2D eigenvalue weighted by Gasteiger charge is 2.11. The van der Waals surface area contributed by atoms with Crippen molar-refractivity contribution in [3.8, 4) is 11.4 Å². The minimum Gasteiger partial charge on any atom is -0.296 e. The van der Waals surface area contributed by atoms with Gasteiger partial charge in [0.15, 0.2) is 0 Å². The summed E-state index contributed by atoms with van der Waals surface area (Å²) in [6.07, 6.45) is 3.42. The van der Waals surface area contributed by atoms with Crippen LogP contribution in [0.1, 0.15) is 11.4 Å². The Morgan fingerprint density at radius 1 is 0.842 bits per heavy atom. The van der Waals surface area contributed by atoms with Gasteiger partial charge in [-0.3, -0.25) is 9.13 Å². The SMILES string of the molecule is Cc1c(C)[n+](-c2ccccc2)[c-]n1-c1ccccc1. The molecule has 0 aliphatic carbocycles. The summed E-state index contributed by atoms with van der Waals surface area (Å²) in [4.78, 5) is 0. The molecule has 19 heavy (non-hydrogen) atoms. The van der Waals surface area contributed by atoms with Gasteiger partial charge in [0.1, 0.15) is 0 Å². The zero-order valence-electron chi connectivity index (χ0n) is 11.2. The van der Waals surface area contributed by atoms with Gasteiger partial charge in [0.25, 0.3) is 6.33 Å². The molecule has 0 aliphatic heterocycles. The van der Waals surface area contributed by atoms with E-state index in [0.717, 1.165) is 11.4 Å². The van der Waals surface area contributed by atoms with Crippen molar-refractivity contribution in [1.82, 2.24) is 4.57 Å². The van der Waals surface area contributed by atoms with Crippen LogP contribution in [0.5, 0.6) is 0 Å². The van der Waals surface area contributed by atoms with Crippen molar-refractivity contribution in [3.63, 3.8) is 0 Å². The predicted molar refractivity (Wildman–Crippen MR) is 75.6 cm³/mol. The van der Waals surface area contributed by atoms with Crippen molar-refractivity contribution in [2.24, 2.45) is 0 Å². The van der Waals surface area contributed by atoms with Crippen molar-refractivity contribution in [1.29, 1.82) is 0 Å². The monoisotopic (exact) mass is 248 g/mol. The third-order valence-corrected chi connectivity index (χ3v) is 3.42. The van der Waals surface area contributed by atoms with Gasteiger partial charge < -0.3 is 0 Å². The molecule has 0 spiro atoms. The van der Waals surface area contributed by atoms with Crippen LogP contribution in [-0.4, -0.2) is 4.57 Å². The van der Waals surface area contributed by atoms with Crippen molar-refractivity contribution in [2.45, 2.75) is 13.8 Å². The Bertz CT molecular complexity index is 622.